The first-order valence-electron chi connectivity index (χ1n) is 3.88. The van der Waals surface area contributed by atoms with E-state index in [1.807, 2.05) is 0 Å². The fourth-order valence-electron chi connectivity index (χ4n) is 1.39. The van der Waals surface area contributed by atoms with Gasteiger partial charge in [-0.25, -0.2) is 8.42 Å². The molecule has 14 heavy (non-hydrogen) atoms. The number of rotatable bonds is 0. The summed E-state index contributed by atoms with van der Waals surface area (Å²) >= 11 is 0. The highest BCUT2D eigenvalue weighted by molar-refractivity contribution is 7.95. The van der Waals surface area contributed by atoms with Crippen LogP contribution in [-0.4, -0.2) is 8.42 Å². The predicted octanol–water partition coefficient (Wildman–Crippen LogP) is 0.281. The topological polar surface area (TPSA) is 98.2 Å². The van der Waals surface area contributed by atoms with Crippen LogP contribution < -0.4 is 16.2 Å². The molecule has 0 aliphatic carbocycles. The molecule has 0 bridgehead atoms. The van der Waals surface area contributed by atoms with Gasteiger partial charge in [-0.15, -0.1) is 0 Å². The molecule has 0 amide bonds. The molecular formula is C8H9N3O2S. The van der Waals surface area contributed by atoms with Gasteiger partial charge in [0.05, 0.1) is 16.8 Å². The van der Waals surface area contributed by atoms with E-state index in [4.69, 9.17) is 11.5 Å². The number of nitrogens with two attached hydrogens (primary N) is 2. The van der Waals surface area contributed by atoms with Crippen LogP contribution in [0, 0.1) is 0 Å². The third-order valence-electron chi connectivity index (χ3n) is 1.92. The summed E-state index contributed by atoms with van der Waals surface area (Å²) in [5.74, 6) is 0. The van der Waals surface area contributed by atoms with Crippen LogP contribution in [0.4, 0.5) is 11.4 Å². The van der Waals surface area contributed by atoms with Gasteiger partial charge in [0, 0.05) is 11.3 Å². The third-order valence-corrected chi connectivity index (χ3v) is 2.99. The van der Waals surface area contributed by atoms with Gasteiger partial charge in [-0.1, -0.05) is 6.07 Å². The standard InChI is InChI=1S/C8H9N3O2S/c9-5-2-1-3-7-8(5)6(10)4-14(12,13)11-7/h1-4,11H,9-10H2. The Morgan fingerprint density at radius 1 is 1.21 bits per heavy atom. The van der Waals surface area contributed by atoms with E-state index in [-0.39, 0.29) is 5.70 Å². The summed E-state index contributed by atoms with van der Waals surface area (Å²) in [6, 6.07) is 4.94. The molecule has 0 unspecified atom stereocenters. The van der Waals surface area contributed by atoms with Crippen molar-refractivity contribution in [1.29, 1.82) is 0 Å². The van der Waals surface area contributed by atoms with Crippen molar-refractivity contribution in [2.75, 3.05) is 10.5 Å². The molecule has 0 radical (unpaired) electrons. The van der Waals surface area contributed by atoms with Gasteiger partial charge >= 0.3 is 0 Å². The molecular weight excluding hydrogens is 202 g/mol. The van der Waals surface area contributed by atoms with Gasteiger partial charge in [0.25, 0.3) is 10.0 Å². The highest BCUT2D eigenvalue weighted by Gasteiger charge is 2.20. The quantitative estimate of drug-likeness (QED) is 0.537. The van der Waals surface area contributed by atoms with E-state index in [9.17, 15) is 8.42 Å². The minimum absolute atomic E-state index is 0.164. The fourth-order valence-corrected chi connectivity index (χ4v) is 2.37. The molecule has 1 aromatic carbocycles. The molecule has 1 aliphatic rings. The molecule has 0 fully saturated rings. The number of nitrogen functional groups attached to an aromatic ring is 1. The Balaban J connectivity index is 2.74. The average molecular weight is 211 g/mol. The molecule has 1 aliphatic heterocycles. The molecule has 0 atom stereocenters. The number of benzene rings is 1. The Morgan fingerprint density at radius 3 is 2.64 bits per heavy atom. The largest absolute Gasteiger partial charge is 0.398 e. The number of sulfonamides is 1. The molecule has 5 nitrogen and oxygen atoms in total. The lowest BCUT2D eigenvalue weighted by atomic mass is 10.1. The second kappa shape index (κ2) is 2.65. The van der Waals surface area contributed by atoms with Crippen LogP contribution in [0.3, 0.4) is 0 Å². The minimum Gasteiger partial charge on any atom is -0.398 e. The number of fused-ring (bicyclic) bond motifs is 1. The Labute approximate surface area is 81.5 Å². The van der Waals surface area contributed by atoms with E-state index >= 15 is 0 Å². The van der Waals surface area contributed by atoms with E-state index in [0.717, 1.165) is 5.41 Å². The maximum absolute atomic E-state index is 11.2. The number of anilines is 2. The van der Waals surface area contributed by atoms with Gasteiger partial charge in [-0.2, -0.15) is 0 Å². The lowest BCUT2D eigenvalue weighted by Gasteiger charge is -2.17. The molecule has 2 rings (SSSR count). The lowest BCUT2D eigenvalue weighted by molar-refractivity contribution is 0.609. The number of hydrogen-bond acceptors (Lipinski definition) is 4. The fraction of sp³-hybridized carbons (Fsp3) is 0. The zero-order valence-electron chi connectivity index (χ0n) is 7.19. The van der Waals surface area contributed by atoms with Gasteiger partial charge in [0.1, 0.15) is 0 Å². The van der Waals surface area contributed by atoms with Crippen molar-refractivity contribution in [3.8, 4) is 0 Å². The Bertz CT molecular complexity index is 519. The summed E-state index contributed by atoms with van der Waals surface area (Å²) in [5, 5.41) is 0.964. The molecule has 5 N–H and O–H groups in total. The second-order valence-corrected chi connectivity index (χ2v) is 4.52. The van der Waals surface area contributed by atoms with E-state index < -0.39 is 10.0 Å². The van der Waals surface area contributed by atoms with E-state index in [2.05, 4.69) is 4.72 Å². The van der Waals surface area contributed by atoms with Crippen molar-refractivity contribution in [2.45, 2.75) is 0 Å². The van der Waals surface area contributed by atoms with Crippen LogP contribution in [0.1, 0.15) is 5.56 Å². The minimum atomic E-state index is -3.45. The van der Waals surface area contributed by atoms with Gasteiger partial charge < -0.3 is 11.5 Å². The molecule has 6 heteroatoms. The van der Waals surface area contributed by atoms with Crippen molar-refractivity contribution < 1.29 is 8.42 Å². The van der Waals surface area contributed by atoms with Crippen molar-refractivity contribution in [3.63, 3.8) is 0 Å². The highest BCUT2D eigenvalue weighted by atomic mass is 32.2. The van der Waals surface area contributed by atoms with Crippen LogP contribution in [0.25, 0.3) is 5.70 Å². The van der Waals surface area contributed by atoms with E-state index in [0.29, 0.717) is 16.9 Å². The van der Waals surface area contributed by atoms with Crippen LogP contribution in [-0.2, 0) is 10.0 Å². The van der Waals surface area contributed by atoms with Gasteiger partial charge in [-0.3, -0.25) is 4.72 Å². The first-order valence-corrected chi connectivity index (χ1v) is 5.43. The van der Waals surface area contributed by atoms with E-state index in [1.54, 1.807) is 18.2 Å². The first-order chi connectivity index (χ1) is 6.49. The second-order valence-electron chi connectivity index (χ2n) is 2.99. The molecule has 0 saturated heterocycles. The lowest BCUT2D eigenvalue weighted by Crippen LogP contribution is -2.19. The van der Waals surface area contributed by atoms with Gasteiger partial charge in [-0.05, 0) is 12.1 Å². The summed E-state index contributed by atoms with van der Waals surface area (Å²) < 4.78 is 24.8. The van der Waals surface area contributed by atoms with Gasteiger partial charge in [0.2, 0.25) is 0 Å². The molecule has 0 aromatic heterocycles. The molecule has 0 saturated carbocycles. The smallest absolute Gasteiger partial charge is 0.257 e. The maximum atomic E-state index is 11.2. The van der Waals surface area contributed by atoms with Crippen molar-refractivity contribution in [1.82, 2.24) is 0 Å². The molecule has 0 spiro atoms. The number of hydrogen-bond donors (Lipinski definition) is 3. The summed E-state index contributed by atoms with van der Waals surface area (Å²) in [7, 11) is -3.45. The van der Waals surface area contributed by atoms with Gasteiger partial charge in [0.15, 0.2) is 0 Å². The third kappa shape index (κ3) is 1.29. The average Bonchev–Trinajstić information content (AvgIpc) is 2.00. The van der Waals surface area contributed by atoms with Crippen LogP contribution in [0.15, 0.2) is 23.6 Å². The van der Waals surface area contributed by atoms with Crippen molar-refractivity contribution in [3.05, 3.63) is 29.2 Å². The van der Waals surface area contributed by atoms with Crippen LogP contribution in [0.2, 0.25) is 0 Å². The summed E-state index contributed by atoms with van der Waals surface area (Å²) in [6.07, 6.45) is 0. The highest BCUT2D eigenvalue weighted by Crippen LogP contribution is 2.31. The van der Waals surface area contributed by atoms with Crippen molar-refractivity contribution >= 4 is 27.1 Å². The van der Waals surface area contributed by atoms with E-state index in [1.165, 1.54) is 0 Å². The Hall–Kier alpha value is -1.69. The first kappa shape index (κ1) is 8.89. The SMILES string of the molecule is NC1=CS(=O)(=O)Nc2cccc(N)c21. The molecule has 1 heterocycles. The normalized spacial score (nSPS) is 17.9. The summed E-state index contributed by atoms with van der Waals surface area (Å²) in [6.45, 7) is 0. The monoisotopic (exact) mass is 211 g/mol. The Morgan fingerprint density at radius 2 is 1.93 bits per heavy atom. The number of nitrogens with one attached hydrogen (secondary N) is 1. The zero-order chi connectivity index (χ0) is 10.3. The summed E-state index contributed by atoms with van der Waals surface area (Å²) in [5.41, 5.74) is 12.8. The molecule has 1 aromatic rings. The van der Waals surface area contributed by atoms with Crippen LogP contribution in [0.5, 0.6) is 0 Å². The van der Waals surface area contributed by atoms with Crippen molar-refractivity contribution in [2.24, 2.45) is 5.73 Å². The Kier molecular flexibility index (Phi) is 1.68. The van der Waals surface area contributed by atoms with Crippen LogP contribution >= 0.6 is 0 Å². The molecule has 74 valence electrons. The maximum Gasteiger partial charge on any atom is 0.257 e. The predicted molar refractivity (Wildman–Crippen MR) is 55.6 cm³/mol. The zero-order valence-corrected chi connectivity index (χ0v) is 8.01. The summed E-state index contributed by atoms with van der Waals surface area (Å²) in [4.78, 5) is 0.